The molecule has 2 heterocycles. The number of allylic oxidation sites excluding steroid dienone is 7. The summed E-state index contributed by atoms with van der Waals surface area (Å²) >= 11 is 0. The molecule has 4 heteroatoms. The molecule has 1 aliphatic rings. The number of rotatable bonds is 12. The summed E-state index contributed by atoms with van der Waals surface area (Å²) < 4.78 is 0. The molecule has 31 heavy (non-hydrogen) atoms. The van der Waals surface area contributed by atoms with E-state index in [-0.39, 0.29) is 0 Å². The number of hydrogen-bond acceptors (Lipinski definition) is 3. The lowest BCUT2D eigenvalue weighted by atomic mass is 9.93. The smallest absolute Gasteiger partial charge is 0.101 e. The first-order valence-corrected chi connectivity index (χ1v) is 12.0. The molecule has 1 aromatic heterocycles. The fourth-order valence-corrected chi connectivity index (χ4v) is 3.94. The van der Waals surface area contributed by atoms with Gasteiger partial charge in [0.05, 0.1) is 6.20 Å². The Balaban J connectivity index is 2.12. The van der Waals surface area contributed by atoms with Crippen LogP contribution in [0, 0.1) is 5.92 Å². The van der Waals surface area contributed by atoms with Gasteiger partial charge in [-0.05, 0) is 50.2 Å². The molecule has 0 bridgehead atoms. The molecule has 1 aromatic rings. The van der Waals surface area contributed by atoms with E-state index in [4.69, 9.17) is 0 Å². The number of hydrogen-bond donors (Lipinski definition) is 1. The van der Waals surface area contributed by atoms with Gasteiger partial charge in [-0.25, -0.2) is 0 Å². The Bertz CT molecular complexity index is 795. The van der Waals surface area contributed by atoms with Crippen molar-refractivity contribution in [1.29, 1.82) is 0 Å². The van der Waals surface area contributed by atoms with Crippen LogP contribution in [0.25, 0.3) is 5.57 Å². The zero-order valence-corrected chi connectivity index (χ0v) is 20.3. The van der Waals surface area contributed by atoms with Gasteiger partial charge in [0, 0.05) is 37.1 Å². The van der Waals surface area contributed by atoms with E-state index in [2.05, 4.69) is 91.6 Å². The maximum absolute atomic E-state index is 4.44. The molecular weight excluding hydrogens is 380 g/mol. The van der Waals surface area contributed by atoms with Crippen LogP contribution in [-0.4, -0.2) is 39.6 Å². The van der Waals surface area contributed by atoms with Crippen molar-refractivity contribution in [3.05, 3.63) is 72.0 Å². The SMILES string of the molecule is C=C1N(CC/C=C(C)\C=C/CC)CCN1/C(=C/C=C(/c1cn[nH]c1)[C@@H](C)CC)CCC. The zero-order valence-electron chi connectivity index (χ0n) is 20.3. The van der Waals surface area contributed by atoms with E-state index in [0.717, 1.165) is 57.6 Å². The molecule has 2 rings (SSSR count). The van der Waals surface area contributed by atoms with E-state index < -0.39 is 0 Å². The van der Waals surface area contributed by atoms with Gasteiger partial charge in [-0.1, -0.05) is 70.6 Å². The van der Waals surface area contributed by atoms with Crippen molar-refractivity contribution in [2.75, 3.05) is 19.6 Å². The molecule has 0 unspecified atom stereocenters. The molecule has 1 atom stereocenters. The number of nitrogens with zero attached hydrogens (tertiary/aromatic N) is 3. The van der Waals surface area contributed by atoms with Crippen molar-refractivity contribution in [3.8, 4) is 0 Å². The Labute approximate surface area is 190 Å². The van der Waals surface area contributed by atoms with Crippen LogP contribution in [-0.2, 0) is 0 Å². The maximum Gasteiger partial charge on any atom is 0.101 e. The van der Waals surface area contributed by atoms with Crippen LogP contribution in [0.1, 0.15) is 72.3 Å². The highest BCUT2D eigenvalue weighted by atomic mass is 15.4. The van der Waals surface area contributed by atoms with Crippen LogP contribution in [0.3, 0.4) is 0 Å². The summed E-state index contributed by atoms with van der Waals surface area (Å²) in [7, 11) is 0. The van der Waals surface area contributed by atoms with Crippen molar-refractivity contribution in [2.45, 2.75) is 66.7 Å². The Morgan fingerprint density at radius 2 is 2.06 bits per heavy atom. The Morgan fingerprint density at radius 3 is 2.71 bits per heavy atom. The first-order valence-electron chi connectivity index (χ1n) is 12.0. The second kappa shape index (κ2) is 13.0. The summed E-state index contributed by atoms with van der Waals surface area (Å²) in [5, 5.41) is 7.11. The lowest BCUT2D eigenvalue weighted by molar-refractivity contribution is 0.371. The molecule has 0 saturated carbocycles. The van der Waals surface area contributed by atoms with E-state index in [1.165, 1.54) is 22.4 Å². The van der Waals surface area contributed by atoms with Gasteiger partial charge in [-0.2, -0.15) is 5.10 Å². The fraction of sp³-hybridized carbons (Fsp3) is 0.519. The molecule has 1 fully saturated rings. The van der Waals surface area contributed by atoms with Gasteiger partial charge in [0.1, 0.15) is 5.82 Å². The third-order valence-corrected chi connectivity index (χ3v) is 6.03. The molecule has 1 N–H and O–H groups in total. The standard InChI is InChI=1S/C27H42N4/c1-7-10-13-22(4)14-11-17-30-18-19-31(24(30)6)26(12-8-2)15-16-27(23(5)9-3)25-20-28-29-21-25/h10,13-16,20-21,23H,6-9,11-12,17-19H2,1-5H3,(H,28,29)/b13-10-,22-14-,26-15+,27-16+/t23-/m0/s1. The highest BCUT2D eigenvalue weighted by molar-refractivity contribution is 5.67. The minimum Gasteiger partial charge on any atom is -0.356 e. The van der Waals surface area contributed by atoms with E-state index in [0.29, 0.717) is 5.92 Å². The van der Waals surface area contributed by atoms with E-state index in [1.54, 1.807) is 0 Å². The molecule has 4 nitrogen and oxygen atoms in total. The third-order valence-electron chi connectivity index (χ3n) is 6.03. The average molecular weight is 423 g/mol. The molecule has 0 aliphatic carbocycles. The van der Waals surface area contributed by atoms with Crippen LogP contribution >= 0.6 is 0 Å². The number of nitrogens with one attached hydrogen (secondary N) is 1. The predicted molar refractivity (Wildman–Crippen MR) is 134 cm³/mol. The largest absolute Gasteiger partial charge is 0.356 e. The Morgan fingerprint density at radius 1 is 1.26 bits per heavy atom. The normalized spacial score (nSPS) is 17.3. The van der Waals surface area contributed by atoms with Gasteiger partial charge in [-0.3, -0.25) is 5.10 Å². The van der Waals surface area contributed by atoms with Crippen LogP contribution in [0.2, 0.25) is 0 Å². The van der Waals surface area contributed by atoms with Crippen molar-refractivity contribution >= 4 is 5.57 Å². The molecule has 1 saturated heterocycles. The van der Waals surface area contributed by atoms with Gasteiger partial charge < -0.3 is 9.80 Å². The first kappa shape index (κ1) is 24.8. The highest BCUT2D eigenvalue weighted by Crippen LogP contribution is 2.28. The minimum atomic E-state index is 0.492. The lowest BCUT2D eigenvalue weighted by Crippen LogP contribution is -2.22. The fourth-order valence-electron chi connectivity index (χ4n) is 3.94. The predicted octanol–water partition coefficient (Wildman–Crippen LogP) is 6.91. The summed E-state index contributed by atoms with van der Waals surface area (Å²) in [5.41, 5.74) is 5.23. The summed E-state index contributed by atoms with van der Waals surface area (Å²) in [6, 6.07) is 0. The summed E-state index contributed by atoms with van der Waals surface area (Å²) in [6.07, 6.45) is 20.7. The lowest BCUT2D eigenvalue weighted by Gasteiger charge is -2.26. The molecule has 0 radical (unpaired) electrons. The number of aromatic nitrogens is 2. The third kappa shape index (κ3) is 7.30. The summed E-state index contributed by atoms with van der Waals surface area (Å²) in [4.78, 5) is 4.84. The number of H-pyrrole nitrogens is 1. The quantitative estimate of drug-likeness (QED) is 0.371. The van der Waals surface area contributed by atoms with Gasteiger partial charge in [0.25, 0.3) is 0 Å². The van der Waals surface area contributed by atoms with E-state index in [1.807, 2.05) is 12.4 Å². The molecule has 0 amide bonds. The highest BCUT2D eigenvalue weighted by Gasteiger charge is 2.24. The monoisotopic (exact) mass is 422 g/mol. The molecule has 1 aliphatic heterocycles. The van der Waals surface area contributed by atoms with E-state index in [9.17, 15) is 0 Å². The van der Waals surface area contributed by atoms with Gasteiger partial charge >= 0.3 is 0 Å². The number of aromatic amines is 1. The second-order valence-electron chi connectivity index (χ2n) is 8.43. The molecular formula is C27H42N4. The van der Waals surface area contributed by atoms with Gasteiger partial charge in [-0.15, -0.1) is 0 Å². The average Bonchev–Trinajstić information content (AvgIpc) is 3.42. The van der Waals surface area contributed by atoms with Crippen LogP contribution in [0.4, 0.5) is 0 Å². The molecule has 170 valence electrons. The van der Waals surface area contributed by atoms with Crippen LogP contribution < -0.4 is 0 Å². The summed E-state index contributed by atoms with van der Waals surface area (Å²) in [6.45, 7) is 18.6. The topological polar surface area (TPSA) is 35.2 Å². The zero-order chi connectivity index (χ0) is 22.6. The Kier molecular flexibility index (Phi) is 10.4. The van der Waals surface area contributed by atoms with Crippen molar-refractivity contribution in [3.63, 3.8) is 0 Å². The first-order chi connectivity index (χ1) is 15.0. The maximum atomic E-state index is 4.44. The van der Waals surface area contributed by atoms with Crippen LogP contribution in [0.5, 0.6) is 0 Å². The summed E-state index contributed by atoms with van der Waals surface area (Å²) in [5.74, 6) is 1.63. The minimum absolute atomic E-state index is 0.492. The Hall–Kier alpha value is -2.49. The van der Waals surface area contributed by atoms with Crippen molar-refractivity contribution in [1.82, 2.24) is 20.0 Å². The van der Waals surface area contributed by atoms with Crippen molar-refractivity contribution in [2.24, 2.45) is 5.92 Å². The van der Waals surface area contributed by atoms with Gasteiger partial charge in [0.15, 0.2) is 0 Å². The molecule has 0 aromatic carbocycles. The second-order valence-corrected chi connectivity index (χ2v) is 8.43. The van der Waals surface area contributed by atoms with E-state index >= 15 is 0 Å². The van der Waals surface area contributed by atoms with Crippen molar-refractivity contribution < 1.29 is 0 Å². The van der Waals surface area contributed by atoms with Crippen LogP contribution in [0.15, 0.2) is 66.4 Å². The van der Waals surface area contributed by atoms with Gasteiger partial charge in [0.2, 0.25) is 0 Å². The molecule has 0 spiro atoms.